The molecule has 2 heterocycles. The van der Waals surface area contributed by atoms with Crippen LogP contribution in [0.5, 0.6) is 0 Å². The van der Waals surface area contributed by atoms with Crippen LogP contribution in [0.2, 0.25) is 0 Å². The summed E-state index contributed by atoms with van der Waals surface area (Å²) in [5.74, 6) is -0.0269. The van der Waals surface area contributed by atoms with Crippen LogP contribution < -0.4 is 5.14 Å². The van der Waals surface area contributed by atoms with Crippen molar-refractivity contribution in [2.24, 2.45) is 5.14 Å². The normalized spacial score (nSPS) is 21.3. The summed E-state index contributed by atoms with van der Waals surface area (Å²) in [6, 6.07) is 4.17. The summed E-state index contributed by atoms with van der Waals surface area (Å²) in [6.45, 7) is 1.28. The predicted octanol–water partition coefficient (Wildman–Crippen LogP) is 0.174. The van der Waals surface area contributed by atoms with Crippen molar-refractivity contribution in [3.05, 3.63) is 24.0 Å². The van der Waals surface area contributed by atoms with Crippen molar-refractivity contribution in [1.82, 2.24) is 13.8 Å². The molecule has 1 aromatic rings. The quantitative estimate of drug-likeness (QED) is 0.863. The highest BCUT2D eigenvalue weighted by molar-refractivity contribution is 7.86. The molecule has 1 aliphatic heterocycles. The van der Waals surface area contributed by atoms with Crippen molar-refractivity contribution in [1.29, 1.82) is 0 Å². The van der Waals surface area contributed by atoms with Gasteiger partial charge >= 0.3 is 0 Å². The van der Waals surface area contributed by atoms with E-state index in [4.69, 9.17) is 5.14 Å². The number of hydrogen-bond donors (Lipinski definition) is 1. The lowest BCUT2D eigenvalue weighted by molar-refractivity contribution is 0.0681. The first-order chi connectivity index (χ1) is 9.97. The molecule has 0 spiro atoms. The Morgan fingerprint density at radius 1 is 1.19 bits per heavy atom. The van der Waals surface area contributed by atoms with E-state index in [0.717, 1.165) is 12.8 Å². The molecular weight excluding hydrogens is 292 g/mol. The minimum atomic E-state index is -3.66. The minimum absolute atomic E-state index is 0.0269. The average Bonchev–Trinajstić information content (AvgIpc) is 2.84. The van der Waals surface area contributed by atoms with Gasteiger partial charge in [0, 0.05) is 38.4 Å². The van der Waals surface area contributed by atoms with Gasteiger partial charge < -0.3 is 9.47 Å². The number of carbonyl (C=O) groups is 1. The molecule has 2 N–H and O–H groups in total. The number of nitrogens with zero attached hydrogens (tertiary/aromatic N) is 3. The first-order valence-electron chi connectivity index (χ1n) is 7.21. The van der Waals surface area contributed by atoms with Crippen LogP contribution in [0.4, 0.5) is 0 Å². The third-order valence-electron chi connectivity index (χ3n) is 4.35. The number of piperazine rings is 1. The first-order valence-corrected chi connectivity index (χ1v) is 8.71. The van der Waals surface area contributed by atoms with Crippen LogP contribution >= 0.6 is 0 Å². The number of carbonyl (C=O) groups excluding carboxylic acids is 1. The molecule has 116 valence electrons. The van der Waals surface area contributed by atoms with Crippen molar-refractivity contribution in [2.45, 2.75) is 25.3 Å². The van der Waals surface area contributed by atoms with Gasteiger partial charge in [-0.1, -0.05) is 0 Å². The Labute approximate surface area is 124 Å². The molecule has 0 atom stereocenters. The van der Waals surface area contributed by atoms with Crippen molar-refractivity contribution in [2.75, 3.05) is 26.2 Å². The number of amides is 1. The number of rotatable bonds is 3. The summed E-state index contributed by atoms with van der Waals surface area (Å²) in [5, 5.41) is 5.11. The Kier molecular flexibility index (Phi) is 3.76. The summed E-state index contributed by atoms with van der Waals surface area (Å²) in [7, 11) is -3.66. The fourth-order valence-electron chi connectivity index (χ4n) is 2.87. The smallest absolute Gasteiger partial charge is 0.277 e. The van der Waals surface area contributed by atoms with E-state index in [1.807, 2.05) is 18.3 Å². The number of nitrogens with two attached hydrogens (primary N) is 1. The Hall–Kier alpha value is -1.38. The Bertz CT molecular complexity index is 628. The summed E-state index contributed by atoms with van der Waals surface area (Å²) in [6.07, 6.45) is 5.41. The van der Waals surface area contributed by atoms with Gasteiger partial charge in [0.15, 0.2) is 0 Å². The third kappa shape index (κ3) is 2.83. The first kappa shape index (κ1) is 14.6. The van der Waals surface area contributed by atoms with Gasteiger partial charge in [-0.3, -0.25) is 4.79 Å². The molecule has 1 amide bonds. The largest absolute Gasteiger partial charge is 0.340 e. The van der Waals surface area contributed by atoms with Crippen LogP contribution in [-0.2, 0) is 10.2 Å². The topological polar surface area (TPSA) is 88.6 Å². The van der Waals surface area contributed by atoms with Crippen molar-refractivity contribution >= 4 is 16.1 Å². The van der Waals surface area contributed by atoms with Gasteiger partial charge in [0.05, 0.1) is 0 Å². The molecule has 21 heavy (non-hydrogen) atoms. The highest BCUT2D eigenvalue weighted by Gasteiger charge is 2.29. The molecule has 7 nitrogen and oxygen atoms in total. The molecule has 1 aliphatic carbocycles. The van der Waals surface area contributed by atoms with Crippen molar-refractivity contribution in [3.8, 4) is 0 Å². The van der Waals surface area contributed by atoms with Gasteiger partial charge in [0.25, 0.3) is 16.1 Å². The van der Waals surface area contributed by atoms with Gasteiger partial charge in [0.1, 0.15) is 5.69 Å². The molecule has 8 heteroatoms. The molecular formula is C13H20N4O3S. The molecule has 1 aromatic heterocycles. The lowest BCUT2D eigenvalue weighted by atomic mass is 9.93. The monoisotopic (exact) mass is 312 g/mol. The summed E-state index contributed by atoms with van der Waals surface area (Å²) in [4.78, 5) is 14.3. The molecule has 0 unspecified atom stereocenters. The summed E-state index contributed by atoms with van der Waals surface area (Å²) < 4.78 is 25.8. The summed E-state index contributed by atoms with van der Waals surface area (Å²) in [5.41, 5.74) is 0.698. The zero-order valence-electron chi connectivity index (χ0n) is 11.8. The van der Waals surface area contributed by atoms with Crippen LogP contribution in [0.3, 0.4) is 0 Å². The van der Waals surface area contributed by atoms with E-state index in [0.29, 0.717) is 24.8 Å². The fraction of sp³-hybridized carbons (Fsp3) is 0.615. The molecule has 3 rings (SSSR count). The van der Waals surface area contributed by atoms with Crippen molar-refractivity contribution in [3.63, 3.8) is 0 Å². The summed E-state index contributed by atoms with van der Waals surface area (Å²) >= 11 is 0. The van der Waals surface area contributed by atoms with Gasteiger partial charge in [-0.2, -0.15) is 12.7 Å². The van der Waals surface area contributed by atoms with Crippen LogP contribution in [0.15, 0.2) is 18.3 Å². The highest BCUT2D eigenvalue weighted by Crippen LogP contribution is 2.33. The highest BCUT2D eigenvalue weighted by atomic mass is 32.2. The van der Waals surface area contributed by atoms with Gasteiger partial charge in [-0.25, -0.2) is 5.14 Å². The molecule has 2 aliphatic rings. The van der Waals surface area contributed by atoms with Crippen LogP contribution in [0.1, 0.15) is 35.8 Å². The van der Waals surface area contributed by atoms with Crippen LogP contribution in [0.25, 0.3) is 0 Å². The zero-order valence-corrected chi connectivity index (χ0v) is 12.6. The van der Waals surface area contributed by atoms with E-state index in [2.05, 4.69) is 4.57 Å². The predicted molar refractivity (Wildman–Crippen MR) is 77.9 cm³/mol. The van der Waals surface area contributed by atoms with E-state index in [9.17, 15) is 13.2 Å². The fourth-order valence-corrected chi connectivity index (χ4v) is 3.54. The molecule has 0 radical (unpaired) electrons. The standard InChI is InChI=1S/C13H20N4O3S/c14-21(19,20)16-9-7-15(8-10-16)13(18)12-5-2-6-17(12)11-3-1-4-11/h2,5-6,11H,1,3-4,7-10H2,(H2,14,19,20). The molecule has 0 bridgehead atoms. The lowest BCUT2D eigenvalue weighted by Crippen LogP contribution is -2.52. The SMILES string of the molecule is NS(=O)(=O)N1CCN(C(=O)c2cccn2C2CCC2)CC1. The van der Waals surface area contributed by atoms with E-state index >= 15 is 0 Å². The lowest BCUT2D eigenvalue weighted by Gasteiger charge is -2.34. The Balaban J connectivity index is 1.68. The van der Waals surface area contributed by atoms with E-state index in [1.54, 1.807) is 4.90 Å². The molecule has 0 aromatic carbocycles. The van der Waals surface area contributed by atoms with Gasteiger partial charge in [0.2, 0.25) is 0 Å². The van der Waals surface area contributed by atoms with Crippen LogP contribution in [-0.4, -0.2) is 54.3 Å². The number of aromatic nitrogens is 1. The maximum Gasteiger partial charge on any atom is 0.277 e. The van der Waals surface area contributed by atoms with Gasteiger partial charge in [-0.15, -0.1) is 0 Å². The zero-order chi connectivity index (χ0) is 15.0. The van der Waals surface area contributed by atoms with E-state index in [-0.39, 0.29) is 19.0 Å². The molecule has 1 saturated carbocycles. The average molecular weight is 312 g/mol. The maximum atomic E-state index is 12.6. The second-order valence-corrected chi connectivity index (χ2v) is 7.17. The molecule has 2 fully saturated rings. The van der Waals surface area contributed by atoms with Gasteiger partial charge in [-0.05, 0) is 31.4 Å². The third-order valence-corrected chi connectivity index (χ3v) is 5.44. The second kappa shape index (κ2) is 5.43. The maximum absolute atomic E-state index is 12.6. The Morgan fingerprint density at radius 3 is 2.38 bits per heavy atom. The van der Waals surface area contributed by atoms with E-state index in [1.165, 1.54) is 10.7 Å². The van der Waals surface area contributed by atoms with Crippen molar-refractivity contribution < 1.29 is 13.2 Å². The Morgan fingerprint density at radius 2 is 1.86 bits per heavy atom. The van der Waals surface area contributed by atoms with E-state index < -0.39 is 10.2 Å². The molecule has 1 saturated heterocycles. The van der Waals surface area contributed by atoms with Crippen LogP contribution in [0, 0.1) is 0 Å². The number of hydrogen-bond acceptors (Lipinski definition) is 3. The second-order valence-electron chi connectivity index (χ2n) is 5.62. The minimum Gasteiger partial charge on any atom is -0.340 e.